The maximum atomic E-state index is 14.4. The summed E-state index contributed by atoms with van der Waals surface area (Å²) in [7, 11) is -1.48. The Hall–Kier alpha value is -3.98. The molecule has 3 amide bonds. The van der Waals surface area contributed by atoms with E-state index in [4.69, 9.17) is 14.5 Å². The monoisotopic (exact) mass is 728 g/mol. The molecule has 15 heteroatoms. The molecule has 1 saturated carbocycles. The van der Waals surface area contributed by atoms with Crippen molar-refractivity contribution in [2.24, 2.45) is 11.3 Å². The van der Waals surface area contributed by atoms with Gasteiger partial charge in [0, 0.05) is 33.0 Å². The highest BCUT2D eigenvalue weighted by Gasteiger charge is 2.61. The van der Waals surface area contributed by atoms with E-state index >= 15 is 0 Å². The Morgan fingerprint density at radius 3 is 2.51 bits per heavy atom. The Morgan fingerprint density at radius 1 is 1.10 bits per heavy atom. The second-order valence-corrected chi connectivity index (χ2v) is 17.3. The maximum absolute atomic E-state index is 14.4. The van der Waals surface area contributed by atoms with Crippen molar-refractivity contribution in [2.45, 2.75) is 116 Å². The lowest BCUT2D eigenvalue weighted by molar-refractivity contribution is -0.140. The van der Waals surface area contributed by atoms with Crippen LogP contribution in [-0.4, -0.2) is 95.3 Å². The number of alkyl carbamates (subject to hydrolysis) is 1. The van der Waals surface area contributed by atoms with Gasteiger partial charge in [0.1, 0.15) is 17.7 Å². The number of allylic oxidation sites excluding steroid dienone is 2. The summed E-state index contributed by atoms with van der Waals surface area (Å²) in [5, 5.41) is 2.76. The summed E-state index contributed by atoms with van der Waals surface area (Å²) in [5.41, 5.74) is -0.444. The van der Waals surface area contributed by atoms with Crippen molar-refractivity contribution in [1.29, 1.82) is 0 Å². The Labute approximate surface area is 300 Å². The number of ketones is 1. The number of hydrogen-bond donors (Lipinski definition) is 2. The Kier molecular flexibility index (Phi) is 11.2. The number of carbonyl (C=O) groups is 4. The van der Waals surface area contributed by atoms with Crippen LogP contribution in [0.5, 0.6) is 6.01 Å². The number of hydrogen-bond acceptors (Lipinski definition) is 9. The molecule has 2 aromatic rings. The van der Waals surface area contributed by atoms with Gasteiger partial charge in [0.05, 0.1) is 29.0 Å². The van der Waals surface area contributed by atoms with Crippen LogP contribution in [0.15, 0.2) is 36.4 Å². The summed E-state index contributed by atoms with van der Waals surface area (Å²) in [6.07, 6.45) is 5.94. The molecule has 1 saturated heterocycles. The van der Waals surface area contributed by atoms with Crippen LogP contribution < -0.4 is 14.8 Å². The van der Waals surface area contributed by atoms with Gasteiger partial charge in [-0.1, -0.05) is 37.1 Å². The van der Waals surface area contributed by atoms with Crippen LogP contribution in [0.2, 0.25) is 0 Å². The molecule has 0 radical (unpaired) electrons. The lowest BCUT2D eigenvalue weighted by Gasteiger charge is -2.30. The van der Waals surface area contributed by atoms with E-state index in [1.54, 1.807) is 20.8 Å². The van der Waals surface area contributed by atoms with Crippen molar-refractivity contribution in [3.05, 3.63) is 36.4 Å². The standard InChI is InChI=1S/C36H52N6O8S/c1-23(2)42-28-18-14-13-16-26(28)37-33(42)49-25-19-29-30(43)21-36(32(45)39-51(47,48)40(6)7)20-24(36)15-11-9-8-10-12-17-27(31(44)41(29)22-25)38-34(46)50-35(3,4)5/h11,13-16,18,23-25,27,29H,8-10,12,17,19-22H2,1-7H3,(H,38,46)(H,39,45)/b15-11-/t24-,25-,27+,29+,36-/m1/s1. The molecular formula is C36H52N6O8S. The fourth-order valence-electron chi connectivity index (χ4n) is 7.01. The molecule has 3 heterocycles. The number of para-hydroxylation sites is 2. The number of Topliss-reactive ketones (excluding diaryl/α,β-unsaturated/α-hetero) is 1. The fourth-order valence-corrected chi connectivity index (χ4v) is 7.63. The van der Waals surface area contributed by atoms with Crippen LogP contribution in [0.1, 0.15) is 92.0 Å². The van der Waals surface area contributed by atoms with Gasteiger partial charge in [-0.05, 0) is 78.4 Å². The molecule has 0 bridgehead atoms. The Bertz CT molecular complexity index is 1780. The molecule has 5 rings (SSSR count). The van der Waals surface area contributed by atoms with Gasteiger partial charge in [0.15, 0.2) is 5.78 Å². The number of imidazole rings is 1. The second kappa shape index (κ2) is 14.9. The van der Waals surface area contributed by atoms with Crippen molar-refractivity contribution in [1.82, 2.24) is 28.8 Å². The molecule has 5 atom stereocenters. The van der Waals surface area contributed by atoms with Crippen molar-refractivity contribution in [2.75, 3.05) is 20.6 Å². The van der Waals surface area contributed by atoms with E-state index in [9.17, 15) is 27.6 Å². The molecule has 1 aliphatic carbocycles. The third-order valence-corrected chi connectivity index (χ3v) is 11.2. The summed E-state index contributed by atoms with van der Waals surface area (Å²) < 4.78 is 42.4. The van der Waals surface area contributed by atoms with Crippen LogP contribution in [0, 0.1) is 11.3 Å². The van der Waals surface area contributed by atoms with Gasteiger partial charge in [0.2, 0.25) is 11.8 Å². The van der Waals surface area contributed by atoms with Crippen molar-refractivity contribution in [3.63, 3.8) is 0 Å². The molecule has 1 aromatic carbocycles. The van der Waals surface area contributed by atoms with Crippen molar-refractivity contribution < 1.29 is 37.1 Å². The lowest BCUT2D eigenvalue weighted by atomic mass is 9.91. The molecule has 3 aliphatic rings. The largest absolute Gasteiger partial charge is 0.459 e. The Morgan fingerprint density at radius 2 is 1.82 bits per heavy atom. The Balaban J connectivity index is 1.49. The van der Waals surface area contributed by atoms with Gasteiger partial charge in [-0.25, -0.2) is 9.52 Å². The first-order valence-corrected chi connectivity index (χ1v) is 19.2. The zero-order valence-electron chi connectivity index (χ0n) is 30.7. The number of fused-ring (bicyclic) bond motifs is 3. The van der Waals surface area contributed by atoms with Gasteiger partial charge in [-0.3, -0.25) is 19.0 Å². The summed E-state index contributed by atoms with van der Waals surface area (Å²) in [5.74, 6) is -1.92. The molecule has 0 unspecified atom stereocenters. The second-order valence-electron chi connectivity index (χ2n) is 15.4. The number of benzene rings is 1. The summed E-state index contributed by atoms with van der Waals surface area (Å²) >= 11 is 0. The molecule has 2 N–H and O–H groups in total. The average molecular weight is 729 g/mol. The van der Waals surface area contributed by atoms with E-state index < -0.39 is 57.3 Å². The predicted molar refractivity (Wildman–Crippen MR) is 191 cm³/mol. The smallest absolute Gasteiger partial charge is 0.408 e. The molecule has 0 spiro atoms. The zero-order valence-corrected chi connectivity index (χ0v) is 31.5. The van der Waals surface area contributed by atoms with Crippen molar-refractivity contribution >= 4 is 44.9 Å². The maximum Gasteiger partial charge on any atom is 0.408 e. The van der Waals surface area contributed by atoms with E-state index in [0.717, 1.165) is 28.2 Å². The number of nitrogens with zero attached hydrogens (tertiary/aromatic N) is 4. The van der Waals surface area contributed by atoms with Gasteiger partial charge in [-0.2, -0.15) is 17.7 Å². The third-order valence-electron chi connectivity index (χ3n) is 9.77. The quantitative estimate of drug-likeness (QED) is 0.396. The van der Waals surface area contributed by atoms with Gasteiger partial charge >= 0.3 is 16.3 Å². The SMILES string of the molecule is CC(C)n1c(O[C@@H]2C[C@H]3C(=O)C[C@]4(C(=O)NS(=O)(=O)N(C)C)C[C@H]4/C=C\CCCCC[C@H](NC(=O)OC(C)(C)C)C(=O)N3C2)nc2ccccc21. The molecule has 2 fully saturated rings. The molecule has 1 aromatic heterocycles. The predicted octanol–water partition coefficient (Wildman–Crippen LogP) is 4.27. The highest BCUT2D eigenvalue weighted by Crippen LogP contribution is 2.57. The van der Waals surface area contributed by atoms with E-state index in [0.29, 0.717) is 31.7 Å². The van der Waals surface area contributed by atoms with Gasteiger partial charge < -0.3 is 19.7 Å². The van der Waals surface area contributed by atoms with Crippen molar-refractivity contribution in [3.8, 4) is 6.01 Å². The van der Waals surface area contributed by atoms with Crippen LogP contribution in [0.4, 0.5) is 4.79 Å². The molecular weight excluding hydrogens is 676 g/mol. The zero-order chi connectivity index (χ0) is 37.3. The minimum absolute atomic E-state index is 0.00149. The van der Waals surface area contributed by atoms with E-state index in [-0.39, 0.29) is 37.1 Å². The summed E-state index contributed by atoms with van der Waals surface area (Å²) in [6.45, 7) is 9.28. The first-order chi connectivity index (χ1) is 23.9. The average Bonchev–Trinajstić information content (AvgIpc) is 3.36. The van der Waals surface area contributed by atoms with Crippen LogP contribution in [-0.2, 0) is 29.3 Å². The van der Waals surface area contributed by atoms with Gasteiger partial charge in [-0.15, -0.1) is 0 Å². The summed E-state index contributed by atoms with van der Waals surface area (Å²) in [4.78, 5) is 61.7. The van der Waals surface area contributed by atoms with E-state index in [1.165, 1.54) is 19.0 Å². The number of ether oxygens (including phenoxy) is 2. The fraction of sp³-hybridized carbons (Fsp3) is 0.639. The first-order valence-electron chi connectivity index (χ1n) is 17.8. The minimum Gasteiger partial charge on any atom is -0.459 e. The molecule has 280 valence electrons. The third kappa shape index (κ3) is 8.74. The first kappa shape index (κ1) is 38.3. The topological polar surface area (TPSA) is 169 Å². The molecule has 51 heavy (non-hydrogen) atoms. The molecule has 2 aliphatic heterocycles. The van der Waals surface area contributed by atoms with Crippen LogP contribution >= 0.6 is 0 Å². The summed E-state index contributed by atoms with van der Waals surface area (Å²) in [6, 6.07) is 6.06. The van der Waals surface area contributed by atoms with Gasteiger partial charge in [0.25, 0.3) is 6.01 Å². The number of aromatic nitrogens is 2. The number of amides is 3. The minimum atomic E-state index is -4.11. The molecule has 14 nitrogen and oxygen atoms in total. The highest BCUT2D eigenvalue weighted by atomic mass is 32.2. The van der Waals surface area contributed by atoms with E-state index in [1.807, 2.05) is 54.8 Å². The van der Waals surface area contributed by atoms with E-state index in [2.05, 4.69) is 10.0 Å². The number of carbonyl (C=O) groups excluding carboxylic acids is 4. The number of rotatable bonds is 7. The van der Waals surface area contributed by atoms with Crippen LogP contribution in [0.25, 0.3) is 11.0 Å². The lowest BCUT2D eigenvalue weighted by Crippen LogP contribution is -2.53. The number of nitrogens with one attached hydrogen (secondary N) is 2. The normalized spacial score (nSPS) is 27.0. The van der Waals surface area contributed by atoms with Crippen LogP contribution in [0.3, 0.4) is 0 Å². The highest BCUT2D eigenvalue weighted by molar-refractivity contribution is 7.87.